The first-order chi connectivity index (χ1) is 9.86. The van der Waals surface area contributed by atoms with E-state index < -0.39 is 0 Å². The van der Waals surface area contributed by atoms with Crippen LogP contribution in [0.25, 0.3) is 0 Å². The summed E-state index contributed by atoms with van der Waals surface area (Å²) in [5, 5.41) is 12.1. The van der Waals surface area contributed by atoms with Crippen molar-refractivity contribution in [1.29, 1.82) is 0 Å². The molecule has 2 N–H and O–H groups in total. The van der Waals surface area contributed by atoms with Crippen molar-refractivity contribution < 1.29 is 5.11 Å². The summed E-state index contributed by atoms with van der Waals surface area (Å²) in [5.41, 5.74) is 0. The van der Waals surface area contributed by atoms with Crippen LogP contribution in [0.5, 0.6) is 0 Å². The van der Waals surface area contributed by atoms with Crippen molar-refractivity contribution in [1.82, 2.24) is 5.32 Å². The van der Waals surface area contributed by atoms with Crippen LogP contribution >= 0.6 is 0 Å². The van der Waals surface area contributed by atoms with Gasteiger partial charge in [-0.3, -0.25) is 4.99 Å². The Morgan fingerprint density at radius 1 is 1.00 bits per heavy atom. The molecule has 3 nitrogen and oxygen atoms in total. The van der Waals surface area contributed by atoms with Crippen molar-refractivity contribution in [3.05, 3.63) is 0 Å². The summed E-state index contributed by atoms with van der Waals surface area (Å²) in [5.74, 6) is 1.00. The molecule has 0 amide bonds. The second-order valence-corrected chi connectivity index (χ2v) is 6.05. The van der Waals surface area contributed by atoms with Gasteiger partial charge < -0.3 is 10.4 Å². The lowest BCUT2D eigenvalue weighted by Crippen LogP contribution is -2.21. The minimum absolute atomic E-state index is 0.205. The molecule has 1 unspecified atom stereocenters. The average molecular weight is 282 g/mol. The molecule has 1 atom stereocenters. The molecular formula is C17H34N2O. The quantitative estimate of drug-likeness (QED) is 0.501. The van der Waals surface area contributed by atoms with Crippen molar-refractivity contribution in [2.75, 3.05) is 13.2 Å². The summed E-state index contributed by atoms with van der Waals surface area (Å²) in [6.45, 7) is 3.46. The van der Waals surface area contributed by atoms with Crippen LogP contribution in [0.15, 0.2) is 4.99 Å². The van der Waals surface area contributed by atoms with E-state index in [1.165, 1.54) is 70.6 Å². The van der Waals surface area contributed by atoms with E-state index in [0.29, 0.717) is 12.5 Å². The highest BCUT2D eigenvalue weighted by atomic mass is 16.3. The van der Waals surface area contributed by atoms with Crippen LogP contribution < -0.4 is 5.32 Å². The first-order valence-corrected chi connectivity index (χ1v) is 8.78. The summed E-state index contributed by atoms with van der Waals surface area (Å²) in [4.78, 5) is 4.60. The highest BCUT2D eigenvalue weighted by molar-refractivity contribution is 5.83. The highest BCUT2D eigenvalue weighted by Gasteiger charge is 2.15. The third-order valence-corrected chi connectivity index (χ3v) is 4.12. The molecule has 0 aromatic carbocycles. The minimum Gasteiger partial charge on any atom is -0.396 e. The molecule has 0 aliphatic carbocycles. The Morgan fingerprint density at radius 2 is 1.60 bits per heavy atom. The lowest BCUT2D eigenvalue weighted by Gasteiger charge is -2.05. The van der Waals surface area contributed by atoms with Gasteiger partial charge in [0.2, 0.25) is 0 Å². The molecule has 0 saturated heterocycles. The standard InChI is InChI=1S/C17H34N2O/c1-2-3-4-5-6-7-8-9-10-11-12-16-15-18-17(19-16)13-14-20/h16,20H,2-15H2,1H3,(H,18,19). The Labute approximate surface area is 125 Å². The Balaban J connectivity index is 1.83. The highest BCUT2D eigenvalue weighted by Crippen LogP contribution is 2.14. The summed E-state index contributed by atoms with van der Waals surface area (Å²) in [6, 6.07) is 0.464. The molecule has 20 heavy (non-hydrogen) atoms. The minimum atomic E-state index is 0.205. The molecule has 0 aromatic rings. The Morgan fingerprint density at radius 3 is 2.20 bits per heavy atom. The molecule has 3 heteroatoms. The van der Waals surface area contributed by atoms with E-state index in [0.717, 1.165) is 12.4 Å². The van der Waals surface area contributed by atoms with Gasteiger partial charge in [-0.05, 0) is 6.42 Å². The van der Waals surface area contributed by atoms with Crippen LogP contribution in [0.3, 0.4) is 0 Å². The lowest BCUT2D eigenvalue weighted by atomic mass is 10.0. The Bertz CT molecular complexity index is 253. The van der Waals surface area contributed by atoms with Crippen LogP contribution in [0.2, 0.25) is 0 Å². The molecule has 0 spiro atoms. The topological polar surface area (TPSA) is 44.6 Å². The number of aliphatic hydroxyl groups excluding tert-OH is 1. The number of aliphatic hydroxyl groups is 1. The summed E-state index contributed by atoms with van der Waals surface area (Å²) >= 11 is 0. The maximum absolute atomic E-state index is 8.86. The number of aliphatic imine (C=N–C) groups is 1. The van der Waals surface area contributed by atoms with Gasteiger partial charge in [-0.2, -0.15) is 0 Å². The summed E-state index contributed by atoms with van der Waals surface area (Å²) < 4.78 is 0. The second kappa shape index (κ2) is 12.2. The second-order valence-electron chi connectivity index (χ2n) is 6.05. The molecule has 1 aliphatic rings. The number of nitrogens with one attached hydrogen (secondary N) is 1. The van der Waals surface area contributed by atoms with Crippen LogP contribution in [0.4, 0.5) is 0 Å². The fraction of sp³-hybridized carbons (Fsp3) is 0.941. The van der Waals surface area contributed by atoms with Crippen molar-refractivity contribution in [2.24, 2.45) is 4.99 Å². The molecule has 1 rings (SSSR count). The molecule has 0 fully saturated rings. The predicted octanol–water partition coefficient (Wildman–Crippen LogP) is 4.05. The molecule has 0 saturated carbocycles. The summed E-state index contributed by atoms with van der Waals surface area (Å²) in [7, 11) is 0. The van der Waals surface area contributed by atoms with Crippen molar-refractivity contribution in [3.63, 3.8) is 0 Å². The number of hydrogen-bond acceptors (Lipinski definition) is 3. The largest absolute Gasteiger partial charge is 0.396 e. The Hall–Kier alpha value is -0.570. The van der Waals surface area contributed by atoms with Gasteiger partial charge in [0, 0.05) is 13.0 Å². The molecule has 118 valence electrons. The number of unbranched alkanes of at least 4 members (excludes halogenated alkanes) is 9. The average Bonchev–Trinajstić information content (AvgIpc) is 2.89. The first-order valence-electron chi connectivity index (χ1n) is 8.78. The van der Waals surface area contributed by atoms with Gasteiger partial charge in [-0.25, -0.2) is 0 Å². The van der Waals surface area contributed by atoms with Gasteiger partial charge in [0.05, 0.1) is 18.5 Å². The van der Waals surface area contributed by atoms with E-state index in [2.05, 4.69) is 17.2 Å². The zero-order chi connectivity index (χ0) is 14.5. The first kappa shape index (κ1) is 17.5. The molecule has 0 radical (unpaired) electrons. The van der Waals surface area contributed by atoms with Crippen molar-refractivity contribution in [3.8, 4) is 0 Å². The van der Waals surface area contributed by atoms with Gasteiger partial charge in [0.25, 0.3) is 0 Å². The van der Waals surface area contributed by atoms with E-state index in [9.17, 15) is 0 Å². The van der Waals surface area contributed by atoms with Gasteiger partial charge in [-0.15, -0.1) is 0 Å². The Kier molecular flexibility index (Phi) is 10.7. The zero-order valence-electron chi connectivity index (χ0n) is 13.4. The van der Waals surface area contributed by atoms with Crippen LogP contribution in [-0.4, -0.2) is 30.1 Å². The number of rotatable bonds is 13. The zero-order valence-corrected chi connectivity index (χ0v) is 13.4. The van der Waals surface area contributed by atoms with E-state index in [1.807, 2.05) is 0 Å². The molecule has 1 aliphatic heterocycles. The fourth-order valence-corrected chi connectivity index (χ4v) is 2.84. The smallest absolute Gasteiger partial charge is 0.0991 e. The van der Waals surface area contributed by atoms with Crippen LogP contribution in [0.1, 0.15) is 84.0 Å². The van der Waals surface area contributed by atoms with Gasteiger partial charge in [-0.1, -0.05) is 71.1 Å². The van der Waals surface area contributed by atoms with Gasteiger partial charge >= 0.3 is 0 Å². The van der Waals surface area contributed by atoms with Crippen molar-refractivity contribution >= 4 is 5.84 Å². The monoisotopic (exact) mass is 282 g/mol. The van der Waals surface area contributed by atoms with Crippen molar-refractivity contribution in [2.45, 2.75) is 90.0 Å². The van der Waals surface area contributed by atoms with Gasteiger partial charge in [0.15, 0.2) is 0 Å². The van der Waals surface area contributed by atoms with Crippen LogP contribution in [0, 0.1) is 0 Å². The molecule has 0 bridgehead atoms. The number of nitrogens with zero attached hydrogens (tertiary/aromatic N) is 1. The lowest BCUT2D eigenvalue weighted by molar-refractivity contribution is 0.306. The molecular weight excluding hydrogens is 248 g/mol. The predicted molar refractivity (Wildman–Crippen MR) is 87.4 cm³/mol. The van der Waals surface area contributed by atoms with E-state index in [4.69, 9.17) is 5.11 Å². The van der Waals surface area contributed by atoms with E-state index in [1.54, 1.807) is 0 Å². The maximum Gasteiger partial charge on any atom is 0.0991 e. The molecule has 0 aromatic heterocycles. The van der Waals surface area contributed by atoms with E-state index >= 15 is 0 Å². The van der Waals surface area contributed by atoms with Crippen LogP contribution in [-0.2, 0) is 0 Å². The number of hydrogen-bond donors (Lipinski definition) is 2. The van der Waals surface area contributed by atoms with Gasteiger partial charge in [0.1, 0.15) is 0 Å². The SMILES string of the molecule is CCCCCCCCCCCCC1CNC(CCO)=N1. The fourth-order valence-electron chi connectivity index (χ4n) is 2.84. The number of amidine groups is 1. The third kappa shape index (κ3) is 8.57. The summed E-state index contributed by atoms with van der Waals surface area (Å²) in [6.07, 6.45) is 15.8. The van der Waals surface area contributed by atoms with E-state index in [-0.39, 0.29) is 6.61 Å². The third-order valence-electron chi connectivity index (χ3n) is 4.12. The maximum atomic E-state index is 8.86. The molecule has 1 heterocycles. The normalized spacial score (nSPS) is 18.1.